The molecular weight excluding hydrogens is 326 g/mol. The first-order valence-corrected chi connectivity index (χ1v) is 11.6. The fraction of sp³-hybridized carbons (Fsp3) is 0.182. The highest BCUT2D eigenvalue weighted by Crippen LogP contribution is 2.82. The van der Waals surface area contributed by atoms with Crippen molar-refractivity contribution in [3.63, 3.8) is 0 Å². The zero-order valence-corrected chi connectivity index (χ0v) is 15.9. The lowest BCUT2D eigenvalue weighted by atomic mass is 10.3. The first-order chi connectivity index (χ1) is 11.8. The summed E-state index contributed by atoms with van der Waals surface area (Å²) in [6.45, 7) is 2.39. The van der Waals surface area contributed by atoms with Crippen molar-refractivity contribution in [1.29, 1.82) is 0 Å². The van der Waals surface area contributed by atoms with Gasteiger partial charge in [-0.2, -0.15) is 0 Å². The Labute approximate surface area is 147 Å². The average Bonchev–Trinajstić information content (AvgIpc) is 3.47. The van der Waals surface area contributed by atoms with Crippen LogP contribution in [0.3, 0.4) is 0 Å². The van der Waals surface area contributed by atoms with E-state index in [-0.39, 0.29) is 0 Å². The number of benzene rings is 3. The summed E-state index contributed by atoms with van der Waals surface area (Å²) in [5.74, 6) is 0. The Balaban J connectivity index is 2.08. The Morgan fingerprint density at radius 3 is 1.29 bits per heavy atom. The van der Waals surface area contributed by atoms with Gasteiger partial charge in [-0.1, -0.05) is 70.1 Å². The fourth-order valence-corrected chi connectivity index (χ4v) is 12.7. The molecule has 2 heteroatoms. The van der Waals surface area contributed by atoms with Crippen molar-refractivity contribution in [3.05, 3.63) is 91.0 Å². The molecule has 1 heterocycles. The van der Waals surface area contributed by atoms with Gasteiger partial charge < -0.3 is 0 Å². The third kappa shape index (κ3) is 2.36. The number of hydrogen-bond acceptors (Lipinski definition) is 0. The predicted octanol–water partition coefficient (Wildman–Crippen LogP) is 4.78. The minimum absolute atomic E-state index is 0.455. The molecule has 1 saturated heterocycles. The molecule has 120 valence electrons. The second-order valence-electron chi connectivity index (χ2n) is 6.42. The molecular formula is C22H23P2+. The van der Waals surface area contributed by atoms with Gasteiger partial charge in [-0.05, 0) is 42.8 Å². The number of hydrogen-bond donors (Lipinski definition) is 0. The third-order valence-corrected chi connectivity index (χ3v) is 13.5. The smallest absolute Gasteiger partial charge is 0.0690 e. The van der Waals surface area contributed by atoms with E-state index >= 15 is 0 Å². The molecule has 0 bridgehead atoms. The van der Waals surface area contributed by atoms with Gasteiger partial charge in [0.2, 0.25) is 0 Å². The standard InChI is InChI=1S/C22H23P2/c1-2-22(18-23-22)24(19-12-6-3-7-13-19,20-14-8-4-9-15-20)21-16-10-5-11-17-21/h3-17,23H,2,18H2,1H3/q+1. The lowest BCUT2D eigenvalue weighted by molar-refractivity contribution is 0.909. The molecule has 0 aliphatic carbocycles. The van der Waals surface area contributed by atoms with Crippen LogP contribution in [0.5, 0.6) is 0 Å². The Hall–Kier alpha value is -1.48. The van der Waals surface area contributed by atoms with E-state index in [2.05, 4.69) is 97.9 Å². The van der Waals surface area contributed by atoms with Crippen LogP contribution in [0.2, 0.25) is 0 Å². The summed E-state index contributed by atoms with van der Waals surface area (Å²) in [7, 11) is -0.561. The Morgan fingerprint density at radius 2 is 1.04 bits per heavy atom. The average molecular weight is 349 g/mol. The van der Waals surface area contributed by atoms with Crippen LogP contribution in [0.25, 0.3) is 0 Å². The van der Waals surface area contributed by atoms with Gasteiger partial charge in [0.05, 0.1) is 0 Å². The van der Waals surface area contributed by atoms with E-state index in [1.54, 1.807) is 0 Å². The molecule has 2 unspecified atom stereocenters. The second-order valence-corrected chi connectivity index (χ2v) is 12.2. The van der Waals surface area contributed by atoms with Crippen molar-refractivity contribution in [3.8, 4) is 0 Å². The largest absolute Gasteiger partial charge is 0.122 e. The Morgan fingerprint density at radius 1 is 0.708 bits per heavy atom. The van der Waals surface area contributed by atoms with E-state index in [0.29, 0.717) is 4.90 Å². The molecule has 1 fully saturated rings. The first-order valence-electron chi connectivity index (χ1n) is 8.64. The molecule has 0 aromatic heterocycles. The normalized spacial score (nSPS) is 20.9. The molecule has 1 aliphatic rings. The highest BCUT2D eigenvalue weighted by atomic mass is 31.2. The summed E-state index contributed by atoms with van der Waals surface area (Å²) >= 11 is 0. The van der Waals surface area contributed by atoms with Gasteiger partial charge in [-0.25, -0.2) is 0 Å². The molecule has 3 aromatic rings. The molecule has 2 atom stereocenters. The van der Waals surface area contributed by atoms with Crippen molar-refractivity contribution in [2.45, 2.75) is 18.2 Å². The maximum atomic E-state index is 2.39. The monoisotopic (exact) mass is 349 g/mol. The molecule has 4 rings (SSSR count). The molecule has 1 aliphatic heterocycles. The lowest BCUT2D eigenvalue weighted by Crippen LogP contribution is -2.39. The Kier molecular flexibility index (Phi) is 4.29. The molecule has 24 heavy (non-hydrogen) atoms. The highest BCUT2D eigenvalue weighted by molar-refractivity contribution is 8.03. The van der Waals surface area contributed by atoms with Crippen molar-refractivity contribution < 1.29 is 0 Å². The molecule has 3 aromatic carbocycles. The summed E-state index contributed by atoms with van der Waals surface area (Å²) in [6.07, 6.45) is 2.63. The molecule has 0 N–H and O–H groups in total. The van der Waals surface area contributed by atoms with Crippen LogP contribution in [0, 0.1) is 0 Å². The van der Waals surface area contributed by atoms with E-state index in [4.69, 9.17) is 0 Å². The molecule has 0 spiro atoms. The predicted molar refractivity (Wildman–Crippen MR) is 111 cm³/mol. The summed E-state index contributed by atoms with van der Waals surface area (Å²) < 4.78 is 0. The van der Waals surface area contributed by atoms with Gasteiger partial charge in [0, 0.05) is 6.16 Å². The van der Waals surface area contributed by atoms with Crippen LogP contribution in [0.15, 0.2) is 91.0 Å². The van der Waals surface area contributed by atoms with Gasteiger partial charge in [0.15, 0.2) is 0 Å². The SMILES string of the molecule is CCC1([P+](c2ccccc2)(c2ccccc2)c2ccccc2)CP1. The zero-order valence-electron chi connectivity index (χ0n) is 14.0. The van der Waals surface area contributed by atoms with Gasteiger partial charge in [-0.15, -0.1) is 0 Å². The van der Waals surface area contributed by atoms with E-state index in [1.807, 2.05) is 0 Å². The van der Waals surface area contributed by atoms with Crippen molar-refractivity contribution >= 4 is 31.8 Å². The zero-order chi connectivity index (χ0) is 16.5. The Bertz CT molecular complexity index is 696. The summed E-state index contributed by atoms with van der Waals surface area (Å²) in [5.41, 5.74) is 0. The van der Waals surface area contributed by atoms with Crippen molar-refractivity contribution in [2.24, 2.45) is 0 Å². The van der Waals surface area contributed by atoms with Gasteiger partial charge >= 0.3 is 0 Å². The van der Waals surface area contributed by atoms with E-state index in [0.717, 1.165) is 8.58 Å². The summed E-state index contributed by atoms with van der Waals surface area (Å²) in [4.78, 5) is 0.455. The van der Waals surface area contributed by atoms with Crippen molar-refractivity contribution in [1.82, 2.24) is 0 Å². The maximum Gasteiger partial charge on any atom is 0.122 e. The van der Waals surface area contributed by atoms with Gasteiger partial charge in [0.1, 0.15) is 28.1 Å². The van der Waals surface area contributed by atoms with Crippen LogP contribution >= 0.6 is 15.8 Å². The van der Waals surface area contributed by atoms with Gasteiger partial charge in [0.25, 0.3) is 0 Å². The quantitative estimate of drug-likeness (QED) is 0.582. The maximum absolute atomic E-state index is 2.39. The van der Waals surface area contributed by atoms with Gasteiger partial charge in [-0.3, -0.25) is 0 Å². The van der Waals surface area contributed by atoms with Crippen LogP contribution in [-0.2, 0) is 0 Å². The van der Waals surface area contributed by atoms with Crippen LogP contribution < -0.4 is 15.9 Å². The number of rotatable bonds is 5. The van der Waals surface area contributed by atoms with E-state index < -0.39 is 7.26 Å². The fourth-order valence-electron chi connectivity index (χ4n) is 3.97. The summed E-state index contributed by atoms with van der Waals surface area (Å²) in [5, 5.41) is 4.61. The molecule has 0 saturated carbocycles. The first kappa shape index (κ1) is 16.0. The second kappa shape index (κ2) is 6.44. The molecule has 0 nitrogen and oxygen atoms in total. The molecule has 0 radical (unpaired) electrons. The van der Waals surface area contributed by atoms with Crippen LogP contribution in [-0.4, -0.2) is 11.1 Å². The topological polar surface area (TPSA) is 0 Å². The van der Waals surface area contributed by atoms with Crippen LogP contribution in [0.4, 0.5) is 0 Å². The van der Waals surface area contributed by atoms with E-state index in [9.17, 15) is 0 Å². The summed E-state index contributed by atoms with van der Waals surface area (Å²) in [6, 6.07) is 33.9. The van der Waals surface area contributed by atoms with Crippen LogP contribution in [0.1, 0.15) is 13.3 Å². The molecule has 0 amide bonds. The highest BCUT2D eigenvalue weighted by Gasteiger charge is 2.68. The third-order valence-electron chi connectivity index (χ3n) is 5.24. The van der Waals surface area contributed by atoms with Crippen molar-refractivity contribution in [2.75, 3.05) is 6.16 Å². The minimum Gasteiger partial charge on any atom is -0.0690 e. The minimum atomic E-state index is -1.63. The van der Waals surface area contributed by atoms with E-state index in [1.165, 1.54) is 28.5 Å². The lowest BCUT2D eigenvalue weighted by Gasteiger charge is -2.34.